The Morgan fingerprint density at radius 1 is 1.52 bits per heavy atom. The fourth-order valence-electron chi connectivity index (χ4n) is 2.78. The van der Waals surface area contributed by atoms with Gasteiger partial charge < -0.3 is 5.11 Å². The molecule has 5 heteroatoms. The van der Waals surface area contributed by atoms with Crippen molar-refractivity contribution in [2.75, 3.05) is 13.1 Å². The van der Waals surface area contributed by atoms with Crippen LogP contribution in [0.2, 0.25) is 0 Å². The second-order valence-corrected chi connectivity index (χ2v) is 7.99. The average molecular weight is 310 g/mol. The van der Waals surface area contributed by atoms with Gasteiger partial charge in [-0.25, -0.2) is 4.98 Å². The van der Waals surface area contributed by atoms with Crippen molar-refractivity contribution in [3.05, 3.63) is 16.1 Å². The molecule has 1 aliphatic heterocycles. The molecule has 2 rings (SSSR count). The Kier molecular flexibility index (Phi) is 5.38. The molecule has 0 spiro atoms. The first-order valence-corrected chi connectivity index (χ1v) is 8.61. The van der Waals surface area contributed by atoms with Gasteiger partial charge >= 0.3 is 5.97 Å². The standard InChI is InChI=1S/C16H26N2O2S/c1-16(2,3)13-11-21-14(17-13)10-18-8-4-5-12(9-18)6-7-15(19)20/h11-12H,4-10H2,1-3H3,(H,19,20). The van der Waals surface area contributed by atoms with Gasteiger partial charge in [-0.2, -0.15) is 0 Å². The van der Waals surface area contributed by atoms with Crippen LogP contribution in [0.5, 0.6) is 0 Å². The molecule has 1 unspecified atom stereocenters. The third-order valence-electron chi connectivity index (χ3n) is 4.05. The summed E-state index contributed by atoms with van der Waals surface area (Å²) in [6.07, 6.45) is 3.43. The maximum atomic E-state index is 10.7. The summed E-state index contributed by atoms with van der Waals surface area (Å²) >= 11 is 1.74. The molecule has 0 radical (unpaired) electrons. The smallest absolute Gasteiger partial charge is 0.303 e. The van der Waals surface area contributed by atoms with Gasteiger partial charge in [0.1, 0.15) is 5.01 Å². The van der Waals surface area contributed by atoms with Crippen molar-refractivity contribution >= 4 is 17.3 Å². The second kappa shape index (κ2) is 6.88. The number of hydrogen-bond acceptors (Lipinski definition) is 4. The van der Waals surface area contributed by atoms with Crippen molar-refractivity contribution in [2.45, 2.75) is 58.4 Å². The maximum absolute atomic E-state index is 10.7. The van der Waals surface area contributed by atoms with Crippen LogP contribution in [0.3, 0.4) is 0 Å². The van der Waals surface area contributed by atoms with Gasteiger partial charge in [-0.15, -0.1) is 11.3 Å². The molecule has 1 aromatic rings. The van der Waals surface area contributed by atoms with Gasteiger partial charge in [0.15, 0.2) is 0 Å². The molecule has 2 heterocycles. The number of thiazole rings is 1. The van der Waals surface area contributed by atoms with E-state index in [1.54, 1.807) is 11.3 Å². The van der Waals surface area contributed by atoms with E-state index in [0.717, 1.165) is 32.5 Å². The largest absolute Gasteiger partial charge is 0.481 e. The summed E-state index contributed by atoms with van der Waals surface area (Å²) in [5.41, 5.74) is 1.28. The van der Waals surface area contributed by atoms with Crippen LogP contribution in [0.4, 0.5) is 0 Å². The van der Waals surface area contributed by atoms with Crippen molar-refractivity contribution in [1.82, 2.24) is 9.88 Å². The number of rotatable bonds is 5. The number of carboxylic acid groups (broad SMARTS) is 1. The van der Waals surface area contributed by atoms with E-state index in [4.69, 9.17) is 10.1 Å². The number of nitrogens with zero attached hydrogens (tertiary/aromatic N) is 2. The Labute approximate surface area is 131 Å². The number of likely N-dealkylation sites (tertiary alicyclic amines) is 1. The highest BCUT2D eigenvalue weighted by molar-refractivity contribution is 7.09. The molecule has 1 fully saturated rings. The molecule has 118 valence electrons. The first kappa shape index (κ1) is 16.4. The van der Waals surface area contributed by atoms with Crippen LogP contribution < -0.4 is 0 Å². The first-order chi connectivity index (χ1) is 9.84. The van der Waals surface area contributed by atoms with Gasteiger partial charge in [0.2, 0.25) is 0 Å². The monoisotopic (exact) mass is 310 g/mol. The summed E-state index contributed by atoms with van der Waals surface area (Å²) in [5, 5.41) is 12.1. The van der Waals surface area contributed by atoms with Gasteiger partial charge in [-0.1, -0.05) is 20.8 Å². The Morgan fingerprint density at radius 3 is 2.90 bits per heavy atom. The summed E-state index contributed by atoms with van der Waals surface area (Å²) in [6.45, 7) is 9.59. The lowest BCUT2D eigenvalue weighted by Gasteiger charge is -2.31. The van der Waals surface area contributed by atoms with E-state index in [-0.39, 0.29) is 5.41 Å². The van der Waals surface area contributed by atoms with Gasteiger partial charge in [-0.05, 0) is 31.7 Å². The lowest BCUT2D eigenvalue weighted by atomic mass is 9.93. The highest BCUT2D eigenvalue weighted by Crippen LogP contribution is 2.26. The Bertz CT molecular complexity index is 479. The van der Waals surface area contributed by atoms with Gasteiger partial charge in [0, 0.05) is 23.8 Å². The zero-order valence-electron chi connectivity index (χ0n) is 13.3. The molecule has 0 aromatic carbocycles. The third kappa shape index (κ3) is 5.08. The minimum Gasteiger partial charge on any atom is -0.481 e. The molecule has 0 aliphatic carbocycles. The van der Waals surface area contributed by atoms with Crippen molar-refractivity contribution < 1.29 is 9.90 Å². The van der Waals surface area contributed by atoms with Gasteiger partial charge in [-0.3, -0.25) is 9.69 Å². The Morgan fingerprint density at radius 2 is 2.29 bits per heavy atom. The third-order valence-corrected chi connectivity index (χ3v) is 4.88. The van der Waals surface area contributed by atoms with Crippen molar-refractivity contribution in [3.63, 3.8) is 0 Å². The SMILES string of the molecule is CC(C)(C)c1csc(CN2CCCC(CCC(=O)O)C2)n1. The summed E-state index contributed by atoms with van der Waals surface area (Å²) in [5.74, 6) is -0.154. The van der Waals surface area contributed by atoms with Gasteiger partial charge in [0.05, 0.1) is 12.2 Å². The highest BCUT2D eigenvalue weighted by atomic mass is 32.1. The molecule has 0 amide bonds. The highest BCUT2D eigenvalue weighted by Gasteiger charge is 2.22. The molecular weight excluding hydrogens is 284 g/mol. The second-order valence-electron chi connectivity index (χ2n) is 7.05. The van der Waals surface area contributed by atoms with Crippen LogP contribution in [0.1, 0.15) is 57.2 Å². The van der Waals surface area contributed by atoms with E-state index in [0.29, 0.717) is 12.3 Å². The lowest BCUT2D eigenvalue weighted by Crippen LogP contribution is -2.35. The predicted octanol–water partition coefficient (Wildman–Crippen LogP) is 3.52. The number of piperidine rings is 1. The molecule has 0 bridgehead atoms. The van der Waals surface area contributed by atoms with Gasteiger partial charge in [0.25, 0.3) is 0 Å². The molecule has 0 saturated carbocycles. The molecule has 21 heavy (non-hydrogen) atoms. The van der Waals surface area contributed by atoms with Crippen LogP contribution in [-0.2, 0) is 16.8 Å². The van der Waals surface area contributed by atoms with E-state index in [1.807, 2.05) is 0 Å². The molecule has 4 nitrogen and oxygen atoms in total. The number of carbonyl (C=O) groups is 1. The summed E-state index contributed by atoms with van der Waals surface area (Å²) in [6, 6.07) is 0. The number of hydrogen-bond donors (Lipinski definition) is 1. The number of carboxylic acids is 1. The van der Waals surface area contributed by atoms with Crippen LogP contribution in [0.15, 0.2) is 5.38 Å². The Balaban J connectivity index is 1.87. The summed E-state index contributed by atoms with van der Waals surface area (Å²) < 4.78 is 0. The summed E-state index contributed by atoms with van der Waals surface area (Å²) in [7, 11) is 0. The minimum absolute atomic E-state index is 0.112. The van der Waals surface area contributed by atoms with Crippen LogP contribution in [0.25, 0.3) is 0 Å². The quantitative estimate of drug-likeness (QED) is 0.904. The van der Waals surface area contributed by atoms with Crippen LogP contribution in [-0.4, -0.2) is 34.0 Å². The van der Waals surface area contributed by atoms with Crippen molar-refractivity contribution in [1.29, 1.82) is 0 Å². The summed E-state index contributed by atoms with van der Waals surface area (Å²) in [4.78, 5) is 17.9. The molecular formula is C16H26N2O2S. The Hall–Kier alpha value is -0.940. The molecule has 1 saturated heterocycles. The number of aliphatic carboxylic acids is 1. The van der Waals surface area contributed by atoms with Crippen LogP contribution >= 0.6 is 11.3 Å². The van der Waals surface area contributed by atoms with Crippen molar-refractivity contribution in [3.8, 4) is 0 Å². The van der Waals surface area contributed by atoms with E-state index in [2.05, 4.69) is 31.1 Å². The van der Waals surface area contributed by atoms with E-state index >= 15 is 0 Å². The fourth-order valence-corrected chi connectivity index (χ4v) is 3.84. The molecule has 1 N–H and O–H groups in total. The van der Waals surface area contributed by atoms with Crippen molar-refractivity contribution in [2.24, 2.45) is 5.92 Å². The van der Waals surface area contributed by atoms with E-state index in [9.17, 15) is 4.79 Å². The fraction of sp³-hybridized carbons (Fsp3) is 0.750. The molecule has 1 aromatic heterocycles. The van der Waals surface area contributed by atoms with E-state index in [1.165, 1.54) is 17.1 Å². The minimum atomic E-state index is -0.679. The lowest BCUT2D eigenvalue weighted by molar-refractivity contribution is -0.137. The number of aromatic nitrogens is 1. The zero-order chi connectivity index (χ0) is 15.5. The topological polar surface area (TPSA) is 53.4 Å². The average Bonchev–Trinajstić information content (AvgIpc) is 2.85. The normalized spacial score (nSPS) is 20.6. The van der Waals surface area contributed by atoms with Crippen LogP contribution in [0, 0.1) is 5.92 Å². The van der Waals surface area contributed by atoms with E-state index < -0.39 is 5.97 Å². The zero-order valence-corrected chi connectivity index (χ0v) is 14.1. The molecule has 1 aliphatic rings. The first-order valence-electron chi connectivity index (χ1n) is 7.73. The molecule has 1 atom stereocenters. The predicted molar refractivity (Wildman–Crippen MR) is 85.7 cm³/mol. The maximum Gasteiger partial charge on any atom is 0.303 e.